The average Bonchev–Trinajstić information content (AvgIpc) is 2.44. The van der Waals surface area contributed by atoms with Gasteiger partial charge < -0.3 is 10.6 Å². The number of nitrogens with one attached hydrogen (secondary N) is 2. The lowest BCUT2D eigenvalue weighted by molar-refractivity contribution is -0.122. The summed E-state index contributed by atoms with van der Waals surface area (Å²) >= 11 is 0. The van der Waals surface area contributed by atoms with Gasteiger partial charge in [-0.15, -0.1) is 0 Å². The monoisotopic (exact) mass is 309 g/mol. The maximum atomic E-state index is 13.6. The van der Waals surface area contributed by atoms with Crippen molar-refractivity contribution in [2.24, 2.45) is 5.92 Å². The van der Waals surface area contributed by atoms with Crippen LogP contribution in [0.5, 0.6) is 0 Å². The summed E-state index contributed by atoms with van der Waals surface area (Å²) in [6.45, 7) is 6.94. The maximum absolute atomic E-state index is 13.6. The van der Waals surface area contributed by atoms with Gasteiger partial charge in [0.25, 0.3) is 0 Å². The summed E-state index contributed by atoms with van der Waals surface area (Å²) in [6, 6.07) is 4.94. The van der Waals surface area contributed by atoms with E-state index in [4.69, 9.17) is 5.26 Å². The summed E-state index contributed by atoms with van der Waals surface area (Å²) < 4.78 is 26.5. The molecule has 0 aliphatic rings. The molecule has 0 spiro atoms. The van der Waals surface area contributed by atoms with Crippen LogP contribution >= 0.6 is 0 Å². The highest BCUT2D eigenvalue weighted by Gasteiger charge is 2.29. The van der Waals surface area contributed by atoms with Gasteiger partial charge in [0.2, 0.25) is 5.91 Å². The van der Waals surface area contributed by atoms with E-state index in [9.17, 15) is 13.6 Å². The van der Waals surface area contributed by atoms with Gasteiger partial charge in [0, 0.05) is 17.7 Å². The Labute approximate surface area is 129 Å². The zero-order chi connectivity index (χ0) is 16.9. The summed E-state index contributed by atoms with van der Waals surface area (Å²) in [5.74, 6) is -1.71. The molecule has 1 aromatic carbocycles. The highest BCUT2D eigenvalue weighted by atomic mass is 19.1. The third-order valence-corrected chi connectivity index (χ3v) is 3.78. The minimum Gasteiger partial charge on any atom is -0.337 e. The first-order chi connectivity index (χ1) is 10.2. The minimum absolute atomic E-state index is 0.0478. The molecule has 2 atom stereocenters. The Bertz CT molecular complexity index is 583. The van der Waals surface area contributed by atoms with E-state index in [1.54, 1.807) is 13.8 Å². The van der Waals surface area contributed by atoms with Crippen molar-refractivity contribution in [1.82, 2.24) is 10.6 Å². The first-order valence-corrected chi connectivity index (χ1v) is 7.10. The van der Waals surface area contributed by atoms with Gasteiger partial charge >= 0.3 is 0 Å². The number of rotatable bonds is 6. The molecule has 1 aromatic rings. The number of benzene rings is 1. The Kier molecular flexibility index (Phi) is 6.01. The zero-order valence-corrected chi connectivity index (χ0v) is 13.2. The third-order valence-electron chi connectivity index (χ3n) is 3.78. The van der Waals surface area contributed by atoms with Crippen molar-refractivity contribution in [3.8, 4) is 6.07 Å². The van der Waals surface area contributed by atoms with Gasteiger partial charge in [0.15, 0.2) is 0 Å². The summed E-state index contributed by atoms with van der Waals surface area (Å²) in [7, 11) is 0. The highest BCUT2D eigenvalue weighted by molar-refractivity contribution is 5.79. The van der Waals surface area contributed by atoms with Crippen LogP contribution in [-0.4, -0.2) is 18.0 Å². The lowest BCUT2D eigenvalue weighted by Gasteiger charge is -2.27. The van der Waals surface area contributed by atoms with E-state index < -0.39 is 23.2 Å². The van der Waals surface area contributed by atoms with E-state index in [0.717, 1.165) is 6.07 Å². The second-order valence-corrected chi connectivity index (χ2v) is 5.79. The van der Waals surface area contributed by atoms with Crippen molar-refractivity contribution in [2.75, 3.05) is 6.54 Å². The zero-order valence-electron chi connectivity index (χ0n) is 13.2. The third kappa shape index (κ3) is 4.50. The van der Waals surface area contributed by atoms with Gasteiger partial charge in [-0.25, -0.2) is 8.78 Å². The molecule has 0 radical (unpaired) electrons. The fourth-order valence-electron chi connectivity index (χ4n) is 1.84. The number of hydrogen-bond acceptors (Lipinski definition) is 3. The van der Waals surface area contributed by atoms with E-state index in [1.807, 2.05) is 13.8 Å². The highest BCUT2D eigenvalue weighted by Crippen LogP contribution is 2.18. The van der Waals surface area contributed by atoms with Crippen molar-refractivity contribution in [1.29, 1.82) is 5.26 Å². The number of amides is 1. The molecule has 0 aliphatic heterocycles. The molecule has 1 rings (SSSR count). The standard InChI is InChI=1S/C16H21F2N3O/c1-10(2)16(4,9-19)21-15(22)8-20-11(3)13-6-5-12(17)7-14(13)18/h5-7,10-11,20H,8H2,1-4H3,(H,21,22)/t11-,16-/m0/s1. The Morgan fingerprint density at radius 2 is 2.00 bits per heavy atom. The quantitative estimate of drug-likeness (QED) is 0.849. The molecule has 1 amide bonds. The van der Waals surface area contributed by atoms with E-state index in [0.29, 0.717) is 0 Å². The Hall–Kier alpha value is -2.00. The van der Waals surface area contributed by atoms with Crippen LogP contribution in [0.4, 0.5) is 8.78 Å². The van der Waals surface area contributed by atoms with Crippen LogP contribution < -0.4 is 10.6 Å². The Balaban J connectivity index is 2.62. The van der Waals surface area contributed by atoms with Crippen molar-refractivity contribution in [3.05, 3.63) is 35.4 Å². The molecule has 0 unspecified atom stereocenters. The van der Waals surface area contributed by atoms with Gasteiger partial charge in [-0.2, -0.15) is 5.26 Å². The number of hydrogen-bond donors (Lipinski definition) is 2. The maximum Gasteiger partial charge on any atom is 0.235 e. The van der Waals surface area contributed by atoms with Gasteiger partial charge in [-0.1, -0.05) is 19.9 Å². The fraction of sp³-hybridized carbons (Fsp3) is 0.500. The van der Waals surface area contributed by atoms with Crippen LogP contribution in [0.1, 0.15) is 39.3 Å². The summed E-state index contributed by atoms with van der Waals surface area (Å²) in [4.78, 5) is 11.9. The summed E-state index contributed by atoms with van der Waals surface area (Å²) in [5, 5.41) is 14.7. The lowest BCUT2D eigenvalue weighted by atomic mass is 9.90. The lowest BCUT2D eigenvalue weighted by Crippen LogP contribution is -2.51. The molecule has 2 N–H and O–H groups in total. The van der Waals surface area contributed by atoms with E-state index in [-0.39, 0.29) is 23.9 Å². The smallest absolute Gasteiger partial charge is 0.235 e. The largest absolute Gasteiger partial charge is 0.337 e. The van der Waals surface area contributed by atoms with Crippen LogP contribution in [0.2, 0.25) is 0 Å². The van der Waals surface area contributed by atoms with Crippen molar-refractivity contribution < 1.29 is 13.6 Å². The normalized spacial score (nSPS) is 15.0. The predicted molar refractivity (Wildman–Crippen MR) is 79.8 cm³/mol. The van der Waals surface area contributed by atoms with E-state index >= 15 is 0 Å². The van der Waals surface area contributed by atoms with Crippen LogP contribution in [0, 0.1) is 28.9 Å². The van der Waals surface area contributed by atoms with E-state index in [1.165, 1.54) is 12.1 Å². The fourth-order valence-corrected chi connectivity index (χ4v) is 1.84. The van der Waals surface area contributed by atoms with Gasteiger partial charge in [0.1, 0.15) is 17.2 Å². The van der Waals surface area contributed by atoms with Gasteiger partial charge in [0.05, 0.1) is 12.6 Å². The first-order valence-electron chi connectivity index (χ1n) is 7.10. The van der Waals surface area contributed by atoms with Crippen LogP contribution in [-0.2, 0) is 4.79 Å². The number of nitrogens with zero attached hydrogens (tertiary/aromatic N) is 1. The molecule has 120 valence electrons. The number of halogens is 2. The molecule has 0 bridgehead atoms. The molecule has 0 aliphatic carbocycles. The molecular formula is C16H21F2N3O. The molecule has 0 saturated carbocycles. The van der Waals surface area contributed by atoms with Crippen molar-refractivity contribution >= 4 is 5.91 Å². The summed E-state index contributed by atoms with van der Waals surface area (Å²) in [5.41, 5.74) is -0.676. The Morgan fingerprint density at radius 3 is 2.50 bits per heavy atom. The van der Waals surface area contributed by atoms with Crippen molar-refractivity contribution in [2.45, 2.75) is 39.3 Å². The molecule has 6 heteroatoms. The second-order valence-electron chi connectivity index (χ2n) is 5.79. The number of carbonyl (C=O) groups is 1. The number of carbonyl (C=O) groups excluding carboxylic acids is 1. The minimum atomic E-state index is -0.955. The summed E-state index contributed by atoms with van der Waals surface area (Å²) in [6.07, 6.45) is 0. The molecule has 22 heavy (non-hydrogen) atoms. The number of nitriles is 1. The van der Waals surface area contributed by atoms with Crippen LogP contribution in [0.15, 0.2) is 18.2 Å². The molecule has 0 fully saturated rings. The average molecular weight is 309 g/mol. The van der Waals surface area contributed by atoms with Crippen LogP contribution in [0.3, 0.4) is 0 Å². The second kappa shape index (κ2) is 7.32. The molecule has 0 aromatic heterocycles. The molecule has 0 saturated heterocycles. The topological polar surface area (TPSA) is 64.9 Å². The Morgan fingerprint density at radius 1 is 1.36 bits per heavy atom. The molecule has 0 heterocycles. The molecular weight excluding hydrogens is 288 g/mol. The first kappa shape index (κ1) is 18.1. The van der Waals surface area contributed by atoms with Crippen LogP contribution in [0.25, 0.3) is 0 Å². The van der Waals surface area contributed by atoms with E-state index in [2.05, 4.69) is 16.7 Å². The van der Waals surface area contributed by atoms with Gasteiger partial charge in [-0.3, -0.25) is 4.79 Å². The van der Waals surface area contributed by atoms with Gasteiger partial charge in [-0.05, 0) is 25.8 Å². The van der Waals surface area contributed by atoms with Crippen molar-refractivity contribution in [3.63, 3.8) is 0 Å². The predicted octanol–water partition coefficient (Wildman–Crippen LogP) is 2.67. The SMILES string of the molecule is CC(C)[C@](C)(C#N)NC(=O)CN[C@@H](C)c1ccc(F)cc1F. The molecule has 4 nitrogen and oxygen atoms in total.